The lowest BCUT2D eigenvalue weighted by Gasteiger charge is -2.32. The molecular formula is C18H22N4O2. The first-order valence-electron chi connectivity index (χ1n) is 8.26. The molecule has 24 heavy (non-hydrogen) atoms. The molecule has 3 rings (SSSR count). The molecule has 1 aliphatic rings. The molecule has 0 saturated carbocycles. The summed E-state index contributed by atoms with van der Waals surface area (Å²) < 4.78 is 0. The molecule has 2 amide bonds. The first-order chi connectivity index (χ1) is 11.6. The Morgan fingerprint density at radius 1 is 1.33 bits per heavy atom. The van der Waals surface area contributed by atoms with Crippen molar-refractivity contribution in [3.8, 4) is 11.3 Å². The van der Waals surface area contributed by atoms with Gasteiger partial charge in [0.15, 0.2) is 0 Å². The largest absolute Gasteiger partial charge is 0.347 e. The molecule has 2 aromatic rings. The molecule has 6 heteroatoms. The fourth-order valence-corrected chi connectivity index (χ4v) is 3.07. The topological polar surface area (TPSA) is 78.1 Å². The van der Waals surface area contributed by atoms with Crippen LogP contribution in [0.25, 0.3) is 11.3 Å². The number of piperidine rings is 1. The highest BCUT2D eigenvalue weighted by Crippen LogP contribution is 2.28. The second kappa shape index (κ2) is 7.29. The predicted octanol–water partition coefficient (Wildman–Crippen LogP) is 1.92. The Morgan fingerprint density at radius 2 is 2.12 bits per heavy atom. The smallest absolute Gasteiger partial charge is 0.241 e. The van der Waals surface area contributed by atoms with E-state index in [2.05, 4.69) is 21.6 Å². The van der Waals surface area contributed by atoms with E-state index in [1.54, 1.807) is 0 Å². The molecule has 2 heterocycles. The van der Waals surface area contributed by atoms with Crippen LogP contribution in [0.2, 0.25) is 0 Å². The molecule has 6 nitrogen and oxygen atoms in total. The number of nitrogens with zero attached hydrogens (tertiary/aromatic N) is 2. The Labute approximate surface area is 141 Å². The summed E-state index contributed by atoms with van der Waals surface area (Å²) in [6, 6.07) is 12.1. The molecule has 0 spiro atoms. The normalized spacial score (nSPS) is 17.5. The maximum Gasteiger partial charge on any atom is 0.241 e. The van der Waals surface area contributed by atoms with Crippen LogP contribution in [0.4, 0.5) is 0 Å². The van der Waals surface area contributed by atoms with Crippen LogP contribution in [0.15, 0.2) is 36.4 Å². The number of carbonyl (C=O) groups excluding carboxylic acids is 2. The molecule has 1 unspecified atom stereocenters. The summed E-state index contributed by atoms with van der Waals surface area (Å²) in [4.78, 5) is 25.0. The van der Waals surface area contributed by atoms with E-state index in [0.717, 1.165) is 36.3 Å². The van der Waals surface area contributed by atoms with Crippen molar-refractivity contribution in [2.45, 2.75) is 25.7 Å². The molecule has 1 aromatic carbocycles. The zero-order valence-electron chi connectivity index (χ0n) is 13.8. The summed E-state index contributed by atoms with van der Waals surface area (Å²) in [6.45, 7) is 2.89. The zero-order chi connectivity index (χ0) is 16.9. The Morgan fingerprint density at radius 3 is 2.88 bits per heavy atom. The minimum absolute atomic E-state index is 0.0299. The molecular weight excluding hydrogens is 304 g/mol. The number of hydrogen-bond acceptors (Lipinski definition) is 3. The molecule has 0 aliphatic carbocycles. The summed E-state index contributed by atoms with van der Waals surface area (Å²) in [5, 5.41) is 10.1. The molecule has 126 valence electrons. The number of H-pyrrole nitrogens is 1. The highest BCUT2D eigenvalue weighted by atomic mass is 16.2. The van der Waals surface area contributed by atoms with E-state index in [4.69, 9.17) is 0 Å². The average molecular weight is 326 g/mol. The number of likely N-dealkylation sites (tertiary alicyclic amines) is 1. The Kier molecular flexibility index (Phi) is 4.93. The van der Waals surface area contributed by atoms with Gasteiger partial charge in [-0.15, -0.1) is 0 Å². The van der Waals surface area contributed by atoms with Crippen molar-refractivity contribution < 1.29 is 9.59 Å². The summed E-state index contributed by atoms with van der Waals surface area (Å²) >= 11 is 0. The van der Waals surface area contributed by atoms with E-state index in [9.17, 15) is 9.59 Å². The number of benzene rings is 1. The summed E-state index contributed by atoms with van der Waals surface area (Å²) in [5.74, 6) is 0.0423. The lowest BCUT2D eigenvalue weighted by atomic mass is 9.94. The Bertz CT molecular complexity index is 711. The third kappa shape index (κ3) is 3.82. The van der Waals surface area contributed by atoms with Gasteiger partial charge in [-0.2, -0.15) is 5.10 Å². The van der Waals surface area contributed by atoms with Crippen LogP contribution in [-0.2, 0) is 9.59 Å². The molecule has 1 fully saturated rings. The number of rotatable bonds is 4. The second-order valence-electron chi connectivity index (χ2n) is 6.16. The maximum absolute atomic E-state index is 12.2. The Balaban J connectivity index is 1.66. The van der Waals surface area contributed by atoms with Crippen molar-refractivity contribution in [1.82, 2.24) is 20.4 Å². The standard InChI is InChI=1S/C18H22N4O2/c1-13(23)19-11-18(24)22-9-5-8-15(12-22)17-10-16(20-21-17)14-6-3-2-4-7-14/h2-4,6-7,10,15H,5,8-9,11-12H2,1H3,(H,19,23)(H,20,21). The van der Waals surface area contributed by atoms with Gasteiger partial charge in [-0.3, -0.25) is 14.7 Å². The minimum Gasteiger partial charge on any atom is -0.347 e. The molecule has 0 bridgehead atoms. The van der Waals surface area contributed by atoms with Gasteiger partial charge in [-0.05, 0) is 18.9 Å². The fourth-order valence-electron chi connectivity index (χ4n) is 3.07. The quantitative estimate of drug-likeness (QED) is 0.901. The molecule has 1 aromatic heterocycles. The minimum atomic E-state index is -0.182. The van der Waals surface area contributed by atoms with Crippen LogP contribution in [-0.4, -0.2) is 46.5 Å². The summed E-state index contributed by atoms with van der Waals surface area (Å²) in [5.41, 5.74) is 3.06. The number of amides is 2. The van der Waals surface area contributed by atoms with Crippen molar-refractivity contribution in [1.29, 1.82) is 0 Å². The SMILES string of the molecule is CC(=O)NCC(=O)N1CCCC(c2cc(-c3ccccc3)n[nH]2)C1. The van der Waals surface area contributed by atoms with Crippen LogP contribution in [0.3, 0.4) is 0 Å². The van der Waals surface area contributed by atoms with E-state index >= 15 is 0 Å². The number of nitrogens with one attached hydrogen (secondary N) is 2. The number of aromatic amines is 1. The van der Waals surface area contributed by atoms with E-state index in [-0.39, 0.29) is 24.3 Å². The van der Waals surface area contributed by atoms with Crippen molar-refractivity contribution in [3.63, 3.8) is 0 Å². The first-order valence-corrected chi connectivity index (χ1v) is 8.26. The highest BCUT2D eigenvalue weighted by Gasteiger charge is 2.26. The van der Waals surface area contributed by atoms with E-state index in [0.29, 0.717) is 6.54 Å². The van der Waals surface area contributed by atoms with Gasteiger partial charge in [-0.1, -0.05) is 30.3 Å². The summed E-state index contributed by atoms with van der Waals surface area (Å²) in [6.07, 6.45) is 1.98. The number of carbonyl (C=O) groups is 2. The fraction of sp³-hybridized carbons (Fsp3) is 0.389. The lowest BCUT2D eigenvalue weighted by molar-refractivity contribution is -0.133. The van der Waals surface area contributed by atoms with Gasteiger partial charge < -0.3 is 10.2 Å². The van der Waals surface area contributed by atoms with Crippen LogP contribution in [0.1, 0.15) is 31.4 Å². The average Bonchev–Trinajstić information content (AvgIpc) is 3.11. The van der Waals surface area contributed by atoms with E-state index in [1.807, 2.05) is 35.2 Å². The van der Waals surface area contributed by atoms with Gasteiger partial charge in [-0.25, -0.2) is 0 Å². The van der Waals surface area contributed by atoms with Gasteiger partial charge in [0, 0.05) is 37.2 Å². The highest BCUT2D eigenvalue weighted by molar-refractivity contribution is 5.83. The third-order valence-electron chi connectivity index (χ3n) is 4.37. The van der Waals surface area contributed by atoms with Gasteiger partial charge >= 0.3 is 0 Å². The van der Waals surface area contributed by atoms with Gasteiger partial charge in [0.1, 0.15) is 0 Å². The lowest BCUT2D eigenvalue weighted by Crippen LogP contribution is -2.44. The monoisotopic (exact) mass is 326 g/mol. The van der Waals surface area contributed by atoms with Crippen LogP contribution >= 0.6 is 0 Å². The summed E-state index contributed by atoms with van der Waals surface area (Å²) in [7, 11) is 0. The van der Waals surface area contributed by atoms with E-state index < -0.39 is 0 Å². The number of aromatic nitrogens is 2. The molecule has 1 saturated heterocycles. The van der Waals surface area contributed by atoms with Crippen molar-refractivity contribution in [2.24, 2.45) is 0 Å². The first kappa shape index (κ1) is 16.2. The maximum atomic E-state index is 12.2. The predicted molar refractivity (Wildman–Crippen MR) is 91.3 cm³/mol. The van der Waals surface area contributed by atoms with Crippen LogP contribution in [0.5, 0.6) is 0 Å². The van der Waals surface area contributed by atoms with Crippen LogP contribution in [0, 0.1) is 0 Å². The Hall–Kier alpha value is -2.63. The van der Waals surface area contributed by atoms with Crippen molar-refractivity contribution in [2.75, 3.05) is 19.6 Å². The molecule has 0 radical (unpaired) electrons. The second-order valence-corrected chi connectivity index (χ2v) is 6.16. The molecule has 1 atom stereocenters. The van der Waals surface area contributed by atoms with Crippen molar-refractivity contribution >= 4 is 11.8 Å². The number of hydrogen-bond donors (Lipinski definition) is 2. The van der Waals surface area contributed by atoms with Crippen molar-refractivity contribution in [3.05, 3.63) is 42.1 Å². The van der Waals surface area contributed by atoms with Gasteiger partial charge in [0.2, 0.25) is 11.8 Å². The van der Waals surface area contributed by atoms with Gasteiger partial charge in [0.25, 0.3) is 0 Å². The van der Waals surface area contributed by atoms with Gasteiger partial charge in [0.05, 0.1) is 12.2 Å². The third-order valence-corrected chi connectivity index (χ3v) is 4.37. The molecule has 1 aliphatic heterocycles. The zero-order valence-corrected chi connectivity index (χ0v) is 13.8. The van der Waals surface area contributed by atoms with Crippen LogP contribution < -0.4 is 5.32 Å². The molecule has 2 N–H and O–H groups in total. The van der Waals surface area contributed by atoms with E-state index in [1.165, 1.54) is 6.92 Å².